The van der Waals surface area contributed by atoms with Gasteiger partial charge in [0.2, 0.25) is 7.59 Å². The fraction of sp³-hybridized carbons (Fsp3) is 0.400. The lowest BCUT2D eigenvalue weighted by atomic mass is 10.1. The summed E-state index contributed by atoms with van der Waals surface area (Å²) in [5.41, 5.74) is 1.50. The largest absolute Gasteiger partial charge is 0.369 e. The van der Waals surface area contributed by atoms with Gasteiger partial charge < -0.3 is 4.90 Å². The van der Waals surface area contributed by atoms with E-state index in [4.69, 9.17) is 92.8 Å². The molecule has 1 aromatic carbocycles. The monoisotopic (exact) mass is 606 g/mol. The number of alkyl halides is 8. The lowest BCUT2D eigenvalue weighted by Crippen LogP contribution is -2.27. The number of anilines is 1. The number of benzene rings is 1. The van der Waals surface area contributed by atoms with Crippen molar-refractivity contribution in [3.05, 3.63) is 34.3 Å². The van der Waals surface area contributed by atoms with E-state index in [1.54, 1.807) is 6.07 Å². The average molecular weight is 611 g/mol. The fourth-order valence-electron chi connectivity index (χ4n) is 2.21. The van der Waals surface area contributed by atoms with Gasteiger partial charge in [0.05, 0.1) is 0 Å². The number of aromatic nitrogens is 3. The van der Waals surface area contributed by atoms with Gasteiger partial charge in [0, 0.05) is 40.6 Å². The van der Waals surface area contributed by atoms with Gasteiger partial charge in [-0.25, -0.2) is 15.0 Å². The summed E-state index contributed by atoms with van der Waals surface area (Å²) in [5, 5.41) is 0. The molecule has 4 nitrogen and oxygen atoms in total. The van der Waals surface area contributed by atoms with Crippen LogP contribution in [0.25, 0.3) is 11.4 Å². The minimum Gasteiger partial charge on any atom is -0.369 e. The molecule has 28 heavy (non-hydrogen) atoms. The van der Waals surface area contributed by atoms with Gasteiger partial charge >= 0.3 is 0 Å². The first-order chi connectivity index (χ1) is 13.0. The predicted molar refractivity (Wildman–Crippen MR) is 125 cm³/mol. The van der Waals surface area contributed by atoms with E-state index in [2.05, 4.69) is 30.9 Å². The van der Waals surface area contributed by atoms with Crippen molar-refractivity contribution in [2.24, 2.45) is 0 Å². The molecule has 13 heteroatoms. The summed E-state index contributed by atoms with van der Waals surface area (Å²) in [5.74, 6) is 0.778. The molecule has 2 aromatic rings. The van der Waals surface area contributed by atoms with E-state index in [-0.39, 0.29) is 17.5 Å². The van der Waals surface area contributed by atoms with Crippen LogP contribution in [0.2, 0.25) is 0 Å². The maximum absolute atomic E-state index is 5.92. The fourth-order valence-corrected chi connectivity index (χ4v) is 3.67. The third-order valence-corrected chi connectivity index (χ3v) is 5.42. The average Bonchev–Trinajstić information content (AvgIpc) is 2.59. The van der Waals surface area contributed by atoms with E-state index >= 15 is 0 Å². The van der Waals surface area contributed by atoms with Crippen LogP contribution in [-0.2, 0) is 7.59 Å². The number of hydrogen-bond donors (Lipinski definition) is 0. The molecule has 0 aliphatic rings. The van der Waals surface area contributed by atoms with E-state index in [1.165, 1.54) is 0 Å². The summed E-state index contributed by atoms with van der Waals surface area (Å²) in [7, 11) is 0. The topological polar surface area (TPSA) is 41.9 Å². The van der Waals surface area contributed by atoms with Crippen molar-refractivity contribution < 1.29 is 0 Å². The lowest BCUT2D eigenvalue weighted by molar-refractivity contribution is 0.850. The van der Waals surface area contributed by atoms with Gasteiger partial charge in [0.15, 0.2) is 17.5 Å². The van der Waals surface area contributed by atoms with Crippen LogP contribution in [0, 0.1) is 0 Å². The molecule has 0 aliphatic heterocycles. The Labute approximate surface area is 210 Å². The molecule has 0 bridgehead atoms. The molecule has 0 saturated carbocycles. The van der Waals surface area contributed by atoms with Crippen LogP contribution in [0.5, 0.6) is 0 Å². The summed E-state index contributed by atoms with van der Waals surface area (Å²) < 4.78 is -3.17. The second-order valence-electron chi connectivity index (χ2n) is 5.33. The number of halogens is 9. The van der Waals surface area contributed by atoms with Gasteiger partial charge in [-0.05, 0) is 34.1 Å². The predicted octanol–water partition coefficient (Wildman–Crippen LogP) is 7.24. The van der Waals surface area contributed by atoms with Crippen LogP contribution in [0.3, 0.4) is 0 Å². The molecule has 1 heterocycles. The Hall–Kier alpha value is 0.830. The smallest absolute Gasteiger partial charge is 0.250 e. The Morgan fingerprint density at radius 2 is 1.32 bits per heavy atom. The van der Waals surface area contributed by atoms with E-state index in [0.717, 1.165) is 5.69 Å². The summed E-state index contributed by atoms with van der Waals surface area (Å²) in [6.45, 7) is 1.28. The zero-order valence-corrected chi connectivity index (χ0v) is 21.4. The Kier molecular flexibility index (Phi) is 9.35. The van der Waals surface area contributed by atoms with Crippen molar-refractivity contribution in [3.63, 3.8) is 0 Å². The standard InChI is InChI=1S/C15H11BrCl8N4/c16-10-7-8(28(5-3-17)6-4-18)1-2-9(10)11-25-12(14(19,20)21)27-13(26-11)15(22,23)24/h1-2,7H,3-6H2. The van der Waals surface area contributed by atoms with Gasteiger partial charge in [0.25, 0.3) is 0 Å². The summed E-state index contributed by atoms with van der Waals surface area (Å²) in [6.07, 6.45) is 0. The SMILES string of the molecule is ClCCN(CCCl)c1ccc(-c2nc(C(Cl)(Cl)Cl)nc(C(Cl)(Cl)Cl)n2)c(Br)c1. The first-order valence-electron chi connectivity index (χ1n) is 7.54. The maximum Gasteiger partial charge on any atom is 0.250 e. The highest BCUT2D eigenvalue weighted by Gasteiger charge is 2.34. The molecule has 1 aromatic heterocycles. The Balaban J connectivity index is 2.55. The van der Waals surface area contributed by atoms with Crippen molar-refractivity contribution in [2.75, 3.05) is 29.7 Å². The third-order valence-electron chi connectivity index (χ3n) is 3.41. The van der Waals surface area contributed by atoms with Crippen molar-refractivity contribution in [1.29, 1.82) is 0 Å². The quantitative estimate of drug-likeness (QED) is 0.324. The summed E-state index contributed by atoms with van der Waals surface area (Å²) in [6, 6.07) is 5.53. The van der Waals surface area contributed by atoms with Crippen molar-refractivity contribution in [1.82, 2.24) is 15.0 Å². The van der Waals surface area contributed by atoms with E-state index in [9.17, 15) is 0 Å². The van der Waals surface area contributed by atoms with Gasteiger partial charge in [-0.1, -0.05) is 69.6 Å². The van der Waals surface area contributed by atoms with Crippen LogP contribution in [0.4, 0.5) is 5.69 Å². The van der Waals surface area contributed by atoms with Crippen molar-refractivity contribution >= 4 is 114 Å². The molecule has 0 fully saturated rings. The maximum atomic E-state index is 5.92. The highest BCUT2D eigenvalue weighted by atomic mass is 79.9. The molecular weight excluding hydrogens is 600 g/mol. The second-order valence-corrected chi connectivity index (χ2v) is 11.5. The first kappa shape index (κ1) is 25.1. The first-order valence-corrected chi connectivity index (χ1v) is 11.7. The molecule has 154 valence electrons. The van der Waals surface area contributed by atoms with Crippen LogP contribution in [0.15, 0.2) is 22.7 Å². The zero-order chi connectivity index (χ0) is 21.1. The summed E-state index contributed by atoms with van der Waals surface area (Å²) >= 11 is 50.8. The van der Waals surface area contributed by atoms with Crippen LogP contribution in [0.1, 0.15) is 11.6 Å². The molecular formula is C15H11BrCl8N4. The van der Waals surface area contributed by atoms with Crippen molar-refractivity contribution in [2.45, 2.75) is 7.59 Å². The van der Waals surface area contributed by atoms with Gasteiger partial charge in [0.1, 0.15) is 0 Å². The normalized spacial score (nSPS) is 12.3. The van der Waals surface area contributed by atoms with Crippen LogP contribution in [-0.4, -0.2) is 39.8 Å². The molecule has 0 atom stereocenters. The molecule has 0 amide bonds. The molecule has 0 spiro atoms. The van der Waals surface area contributed by atoms with Gasteiger partial charge in [-0.2, -0.15) is 0 Å². The number of rotatable bonds is 6. The van der Waals surface area contributed by atoms with E-state index in [1.807, 2.05) is 17.0 Å². The van der Waals surface area contributed by atoms with E-state index < -0.39 is 7.59 Å². The Morgan fingerprint density at radius 1 is 0.821 bits per heavy atom. The van der Waals surface area contributed by atoms with Crippen molar-refractivity contribution in [3.8, 4) is 11.4 Å². The van der Waals surface area contributed by atoms with E-state index in [0.29, 0.717) is 34.9 Å². The number of hydrogen-bond acceptors (Lipinski definition) is 4. The minimum absolute atomic E-state index is 0.161. The zero-order valence-electron chi connectivity index (χ0n) is 13.8. The highest BCUT2D eigenvalue weighted by molar-refractivity contribution is 9.10. The molecule has 0 N–H and O–H groups in total. The summed E-state index contributed by atoms with van der Waals surface area (Å²) in [4.78, 5) is 14.4. The second kappa shape index (κ2) is 10.4. The lowest BCUT2D eigenvalue weighted by Gasteiger charge is -2.23. The molecule has 0 radical (unpaired) electrons. The molecule has 2 rings (SSSR count). The Bertz CT molecular complexity index is 786. The number of nitrogens with zero attached hydrogens (tertiary/aromatic N) is 4. The van der Waals surface area contributed by atoms with Gasteiger partial charge in [-0.3, -0.25) is 0 Å². The molecule has 0 unspecified atom stereocenters. The highest BCUT2D eigenvalue weighted by Crippen LogP contribution is 2.41. The molecule has 0 saturated heterocycles. The molecule has 0 aliphatic carbocycles. The minimum atomic E-state index is -1.92. The van der Waals surface area contributed by atoms with Crippen LogP contribution < -0.4 is 4.90 Å². The van der Waals surface area contributed by atoms with Gasteiger partial charge in [-0.15, -0.1) is 23.2 Å². The van der Waals surface area contributed by atoms with Crippen LogP contribution >= 0.6 is 109 Å². The Morgan fingerprint density at radius 3 is 1.71 bits per heavy atom. The third kappa shape index (κ3) is 6.66.